The molecular weight excluding hydrogens is 266 g/mol. The Bertz CT molecular complexity index is 583. The Balaban J connectivity index is 1.64. The molecule has 1 heterocycles. The van der Waals surface area contributed by atoms with E-state index < -0.39 is 0 Å². The molecule has 0 spiro atoms. The van der Waals surface area contributed by atoms with Crippen molar-refractivity contribution in [2.75, 3.05) is 7.11 Å². The van der Waals surface area contributed by atoms with Gasteiger partial charge in [0.05, 0.1) is 13.4 Å². The Morgan fingerprint density at radius 1 is 1.43 bits per heavy atom. The second-order valence-electron chi connectivity index (χ2n) is 5.49. The number of methoxy groups -OCH3 is 1. The van der Waals surface area contributed by atoms with E-state index in [0.29, 0.717) is 24.4 Å². The molecule has 0 radical (unpaired) electrons. The number of imidazole rings is 1. The zero-order chi connectivity index (χ0) is 14.7. The molecule has 0 bridgehead atoms. The van der Waals surface area contributed by atoms with Crippen LogP contribution >= 0.6 is 0 Å². The third kappa shape index (κ3) is 3.03. The van der Waals surface area contributed by atoms with Crippen molar-refractivity contribution in [2.45, 2.75) is 37.9 Å². The Kier molecular flexibility index (Phi) is 4.10. The lowest BCUT2D eigenvalue weighted by atomic mass is 10.1. The topological polar surface area (TPSA) is 59.3 Å². The first-order chi connectivity index (χ1) is 10.3. The van der Waals surface area contributed by atoms with E-state index in [1.807, 2.05) is 30.9 Å². The van der Waals surface area contributed by atoms with Gasteiger partial charge in [-0.25, -0.2) is 4.98 Å². The molecule has 1 aromatic carbocycles. The lowest BCUT2D eigenvalue weighted by Gasteiger charge is -2.22. The van der Waals surface area contributed by atoms with E-state index in [1.54, 1.807) is 13.2 Å². The minimum absolute atomic E-state index is 0.277. The quantitative estimate of drug-likeness (QED) is 0.887. The van der Waals surface area contributed by atoms with Gasteiger partial charge >= 0.3 is 0 Å². The van der Waals surface area contributed by atoms with Crippen molar-refractivity contribution >= 4 is 0 Å². The van der Waals surface area contributed by atoms with Crippen LogP contribution in [0, 0.1) is 0 Å². The van der Waals surface area contributed by atoms with Gasteiger partial charge in [-0.15, -0.1) is 0 Å². The van der Waals surface area contributed by atoms with Gasteiger partial charge in [0.25, 0.3) is 0 Å². The summed E-state index contributed by atoms with van der Waals surface area (Å²) < 4.78 is 7.28. The molecule has 2 aromatic rings. The molecule has 0 saturated heterocycles. The number of phenols is 1. The van der Waals surface area contributed by atoms with Crippen LogP contribution in [0.25, 0.3) is 0 Å². The Hall–Kier alpha value is -2.01. The van der Waals surface area contributed by atoms with Crippen molar-refractivity contribution in [3.8, 4) is 11.5 Å². The number of hydrogen-bond acceptors (Lipinski definition) is 4. The fourth-order valence-corrected chi connectivity index (χ4v) is 3.06. The largest absolute Gasteiger partial charge is 0.507 e. The van der Waals surface area contributed by atoms with Crippen LogP contribution in [0.2, 0.25) is 0 Å². The van der Waals surface area contributed by atoms with Crippen LogP contribution in [0.5, 0.6) is 11.5 Å². The lowest BCUT2D eigenvalue weighted by molar-refractivity contribution is 0.383. The molecule has 1 fully saturated rings. The van der Waals surface area contributed by atoms with E-state index >= 15 is 0 Å². The molecule has 2 atom stereocenters. The molecular formula is C16H21N3O2. The first-order valence-electron chi connectivity index (χ1n) is 7.34. The number of nitrogens with zero attached hydrogens (tertiary/aromatic N) is 2. The normalized spacial score (nSPS) is 21.6. The van der Waals surface area contributed by atoms with E-state index in [2.05, 4.69) is 14.9 Å². The number of hydrogen-bond donors (Lipinski definition) is 2. The van der Waals surface area contributed by atoms with Gasteiger partial charge in [-0.3, -0.25) is 0 Å². The number of aromatic nitrogens is 2. The van der Waals surface area contributed by atoms with Crippen LogP contribution < -0.4 is 10.1 Å². The summed E-state index contributed by atoms with van der Waals surface area (Å²) in [7, 11) is 1.60. The minimum atomic E-state index is 0.277. The minimum Gasteiger partial charge on any atom is -0.507 e. The predicted octanol–water partition coefficient (Wildman–Crippen LogP) is 2.48. The lowest BCUT2D eigenvalue weighted by Crippen LogP contribution is -2.33. The van der Waals surface area contributed by atoms with Crippen molar-refractivity contribution in [3.05, 3.63) is 42.5 Å². The smallest absolute Gasteiger partial charge is 0.123 e. The van der Waals surface area contributed by atoms with Crippen molar-refractivity contribution in [1.82, 2.24) is 14.9 Å². The standard InChI is InChI=1S/C16H21N3O2/c1-21-13-6-5-12(16(20)9-13)10-18-14-3-2-4-15(14)19-8-7-17-11-19/h5-9,11,14-15,18,20H,2-4,10H2,1H3. The van der Waals surface area contributed by atoms with E-state index in [0.717, 1.165) is 12.0 Å². The van der Waals surface area contributed by atoms with Gasteiger partial charge < -0.3 is 19.7 Å². The Morgan fingerprint density at radius 2 is 2.33 bits per heavy atom. The highest BCUT2D eigenvalue weighted by molar-refractivity contribution is 5.39. The highest BCUT2D eigenvalue weighted by Gasteiger charge is 2.27. The zero-order valence-corrected chi connectivity index (χ0v) is 12.2. The predicted molar refractivity (Wildman–Crippen MR) is 80.4 cm³/mol. The summed E-state index contributed by atoms with van der Waals surface area (Å²) in [4.78, 5) is 4.13. The second-order valence-corrected chi connectivity index (χ2v) is 5.49. The molecule has 2 unspecified atom stereocenters. The summed E-state index contributed by atoms with van der Waals surface area (Å²) in [5, 5.41) is 13.6. The van der Waals surface area contributed by atoms with Crippen LogP contribution in [-0.2, 0) is 6.54 Å². The van der Waals surface area contributed by atoms with E-state index in [1.165, 1.54) is 12.8 Å². The van der Waals surface area contributed by atoms with Gasteiger partial charge in [0.15, 0.2) is 0 Å². The molecule has 1 aliphatic carbocycles. The maximum atomic E-state index is 10.0. The summed E-state index contributed by atoms with van der Waals surface area (Å²) >= 11 is 0. The van der Waals surface area contributed by atoms with Crippen LogP contribution in [0.3, 0.4) is 0 Å². The van der Waals surface area contributed by atoms with Gasteiger partial charge in [-0.1, -0.05) is 6.07 Å². The maximum absolute atomic E-state index is 10.0. The van der Waals surface area contributed by atoms with Crippen molar-refractivity contribution in [3.63, 3.8) is 0 Å². The van der Waals surface area contributed by atoms with Gasteiger partial charge in [0.2, 0.25) is 0 Å². The summed E-state index contributed by atoms with van der Waals surface area (Å²) in [5.74, 6) is 0.951. The molecule has 5 heteroatoms. The molecule has 0 aliphatic heterocycles. The first kappa shape index (κ1) is 13.9. The Morgan fingerprint density at radius 3 is 3.05 bits per heavy atom. The van der Waals surface area contributed by atoms with Gasteiger partial charge in [-0.05, 0) is 25.3 Å². The molecule has 2 N–H and O–H groups in total. The first-order valence-corrected chi connectivity index (χ1v) is 7.34. The van der Waals surface area contributed by atoms with E-state index in [4.69, 9.17) is 4.74 Å². The van der Waals surface area contributed by atoms with Crippen molar-refractivity contribution in [2.24, 2.45) is 0 Å². The fraction of sp³-hybridized carbons (Fsp3) is 0.438. The van der Waals surface area contributed by atoms with E-state index in [-0.39, 0.29) is 5.75 Å². The Labute approximate surface area is 124 Å². The van der Waals surface area contributed by atoms with E-state index in [9.17, 15) is 5.11 Å². The average molecular weight is 287 g/mol. The number of benzene rings is 1. The molecule has 21 heavy (non-hydrogen) atoms. The highest BCUT2D eigenvalue weighted by atomic mass is 16.5. The number of aromatic hydroxyl groups is 1. The summed E-state index contributed by atoms with van der Waals surface area (Å²) in [6, 6.07) is 6.30. The number of nitrogens with one attached hydrogen (secondary N) is 1. The van der Waals surface area contributed by atoms with Gasteiger partial charge in [0.1, 0.15) is 11.5 Å². The SMILES string of the molecule is COc1ccc(CNC2CCCC2n2ccnc2)c(O)c1. The number of phenolic OH excluding ortho intramolecular Hbond substituents is 1. The number of ether oxygens (including phenoxy) is 1. The molecule has 1 aliphatic rings. The molecule has 3 rings (SSSR count). The number of rotatable bonds is 5. The monoisotopic (exact) mass is 287 g/mol. The van der Waals surface area contributed by atoms with Gasteiger partial charge in [-0.2, -0.15) is 0 Å². The van der Waals surface area contributed by atoms with Crippen LogP contribution in [0.15, 0.2) is 36.9 Å². The van der Waals surface area contributed by atoms with Crippen LogP contribution in [0.4, 0.5) is 0 Å². The molecule has 1 saturated carbocycles. The second kappa shape index (κ2) is 6.18. The van der Waals surface area contributed by atoms with Crippen molar-refractivity contribution < 1.29 is 9.84 Å². The summed E-state index contributed by atoms with van der Waals surface area (Å²) in [6.45, 7) is 0.658. The van der Waals surface area contributed by atoms with Crippen molar-refractivity contribution in [1.29, 1.82) is 0 Å². The molecule has 112 valence electrons. The molecule has 5 nitrogen and oxygen atoms in total. The third-order valence-corrected chi connectivity index (χ3v) is 4.23. The zero-order valence-electron chi connectivity index (χ0n) is 12.2. The van der Waals surface area contributed by atoms with Crippen LogP contribution in [0.1, 0.15) is 30.9 Å². The summed E-state index contributed by atoms with van der Waals surface area (Å²) in [6.07, 6.45) is 9.27. The highest BCUT2D eigenvalue weighted by Crippen LogP contribution is 2.31. The summed E-state index contributed by atoms with van der Waals surface area (Å²) in [5.41, 5.74) is 0.895. The van der Waals surface area contributed by atoms with Crippen LogP contribution in [-0.4, -0.2) is 27.8 Å². The fourth-order valence-electron chi connectivity index (χ4n) is 3.06. The van der Waals surface area contributed by atoms with Gasteiger partial charge in [0, 0.05) is 42.7 Å². The molecule has 1 aromatic heterocycles. The third-order valence-electron chi connectivity index (χ3n) is 4.23. The maximum Gasteiger partial charge on any atom is 0.123 e. The molecule has 0 amide bonds. The average Bonchev–Trinajstić information content (AvgIpc) is 3.16.